The molecule has 2 amide bonds. The first-order valence-corrected chi connectivity index (χ1v) is 8.80. The molecule has 1 heterocycles. The third kappa shape index (κ3) is 6.79. The zero-order chi connectivity index (χ0) is 20.0. The van der Waals surface area contributed by atoms with E-state index in [0.29, 0.717) is 16.5 Å². The van der Waals surface area contributed by atoms with Gasteiger partial charge in [-0.3, -0.25) is 4.79 Å². The molecule has 1 unspecified atom stereocenters. The highest BCUT2D eigenvalue weighted by molar-refractivity contribution is 6.30. The lowest BCUT2D eigenvalue weighted by Crippen LogP contribution is -2.44. The lowest BCUT2D eigenvalue weighted by molar-refractivity contribution is -0.117. The van der Waals surface area contributed by atoms with Gasteiger partial charge in [0, 0.05) is 16.9 Å². The maximum Gasteiger partial charge on any atom is 0.408 e. The van der Waals surface area contributed by atoms with Gasteiger partial charge in [-0.15, -0.1) is 0 Å². The van der Waals surface area contributed by atoms with Crippen LogP contribution in [0.5, 0.6) is 0 Å². The van der Waals surface area contributed by atoms with E-state index in [1.54, 1.807) is 70.3 Å². The number of benzene rings is 1. The zero-order valence-corrected chi connectivity index (χ0v) is 16.4. The minimum atomic E-state index is -0.788. The van der Waals surface area contributed by atoms with Crippen LogP contribution in [0, 0.1) is 0 Å². The summed E-state index contributed by atoms with van der Waals surface area (Å²) < 4.78 is 5.16. The summed E-state index contributed by atoms with van der Waals surface area (Å²) >= 11 is 5.89. The average molecular weight is 391 g/mol. The Hall–Kier alpha value is -2.80. The maximum atomic E-state index is 12.4. The third-order valence-corrected chi connectivity index (χ3v) is 3.55. The first kappa shape index (κ1) is 20.5. The molecule has 2 rings (SSSR count). The van der Waals surface area contributed by atoms with Crippen LogP contribution in [0.1, 0.15) is 27.7 Å². The van der Waals surface area contributed by atoms with Gasteiger partial charge in [-0.1, -0.05) is 11.6 Å². The topological polar surface area (TPSA) is 92.3 Å². The van der Waals surface area contributed by atoms with Crippen molar-refractivity contribution in [3.8, 4) is 0 Å². The van der Waals surface area contributed by atoms with Crippen molar-refractivity contribution in [2.24, 2.45) is 0 Å². The predicted octanol–water partition coefficient (Wildman–Crippen LogP) is 4.33. The smallest absolute Gasteiger partial charge is 0.408 e. The Labute approximate surface area is 163 Å². The Bertz CT molecular complexity index is 803. The van der Waals surface area contributed by atoms with Crippen molar-refractivity contribution in [2.75, 3.05) is 10.6 Å². The maximum absolute atomic E-state index is 12.4. The molecule has 0 fully saturated rings. The van der Waals surface area contributed by atoms with Crippen LogP contribution in [0.2, 0.25) is 5.02 Å². The number of rotatable bonds is 5. The number of carbonyl (C=O) groups excluding carboxylic acids is 2. The molecule has 0 saturated heterocycles. The standard InChI is InChI=1S/C19H23ClN4O3/c1-12(22-18(26)27-19(2,3)4)17(25)24-15-6-5-11-21-16(15)23-14-9-7-13(20)8-10-14/h5-12H,1-4H3,(H,21,23)(H,22,26)(H,24,25). The van der Waals surface area contributed by atoms with Crippen LogP contribution in [0.25, 0.3) is 0 Å². The Balaban J connectivity index is 2.03. The highest BCUT2D eigenvalue weighted by Gasteiger charge is 2.21. The van der Waals surface area contributed by atoms with Gasteiger partial charge in [0.25, 0.3) is 0 Å². The number of ether oxygens (including phenoxy) is 1. The van der Waals surface area contributed by atoms with Crippen LogP contribution in [-0.2, 0) is 9.53 Å². The summed E-state index contributed by atoms with van der Waals surface area (Å²) in [5.74, 6) is 0.0747. The Morgan fingerprint density at radius 2 is 1.81 bits per heavy atom. The number of amides is 2. The van der Waals surface area contributed by atoms with Crippen LogP contribution >= 0.6 is 11.6 Å². The summed E-state index contributed by atoms with van der Waals surface area (Å²) in [4.78, 5) is 28.5. The number of aromatic nitrogens is 1. The summed E-state index contributed by atoms with van der Waals surface area (Å²) in [7, 11) is 0. The van der Waals surface area contributed by atoms with Crippen molar-refractivity contribution >= 4 is 40.8 Å². The molecule has 7 nitrogen and oxygen atoms in total. The van der Waals surface area contributed by atoms with Crippen molar-refractivity contribution in [3.63, 3.8) is 0 Å². The molecule has 144 valence electrons. The van der Waals surface area contributed by atoms with E-state index in [0.717, 1.165) is 5.69 Å². The molecule has 1 aromatic heterocycles. The van der Waals surface area contributed by atoms with Crippen LogP contribution in [-0.4, -0.2) is 28.6 Å². The number of halogens is 1. The minimum absolute atomic E-state index is 0.395. The van der Waals surface area contributed by atoms with Crippen molar-refractivity contribution in [2.45, 2.75) is 39.3 Å². The molecule has 2 aromatic rings. The van der Waals surface area contributed by atoms with Crippen LogP contribution in [0.3, 0.4) is 0 Å². The minimum Gasteiger partial charge on any atom is -0.444 e. The predicted molar refractivity (Wildman–Crippen MR) is 106 cm³/mol. The molecule has 0 spiro atoms. The lowest BCUT2D eigenvalue weighted by atomic mass is 10.2. The van der Waals surface area contributed by atoms with Gasteiger partial charge >= 0.3 is 6.09 Å². The van der Waals surface area contributed by atoms with Crippen molar-refractivity contribution < 1.29 is 14.3 Å². The van der Waals surface area contributed by atoms with Gasteiger partial charge in [-0.05, 0) is 64.1 Å². The molecule has 0 bridgehead atoms. The molecule has 0 aliphatic rings. The molecule has 0 aliphatic heterocycles. The van der Waals surface area contributed by atoms with E-state index in [1.165, 1.54) is 0 Å². The number of hydrogen-bond donors (Lipinski definition) is 3. The fourth-order valence-electron chi connectivity index (χ4n) is 2.07. The van der Waals surface area contributed by atoms with Crippen molar-refractivity contribution in [1.29, 1.82) is 0 Å². The number of hydrogen-bond acceptors (Lipinski definition) is 5. The second-order valence-corrected chi connectivity index (χ2v) is 7.33. The number of alkyl carbamates (subject to hydrolysis) is 1. The van der Waals surface area contributed by atoms with E-state index >= 15 is 0 Å². The fraction of sp³-hybridized carbons (Fsp3) is 0.316. The number of nitrogens with zero attached hydrogens (tertiary/aromatic N) is 1. The van der Waals surface area contributed by atoms with Crippen molar-refractivity contribution in [3.05, 3.63) is 47.6 Å². The van der Waals surface area contributed by atoms with Crippen LogP contribution < -0.4 is 16.0 Å². The summed E-state index contributed by atoms with van der Waals surface area (Å²) in [5.41, 5.74) is 0.614. The summed E-state index contributed by atoms with van der Waals surface area (Å²) in [5, 5.41) is 8.99. The summed E-state index contributed by atoms with van der Waals surface area (Å²) in [6.07, 6.45) is 0.951. The van der Waals surface area contributed by atoms with Gasteiger partial charge in [0.15, 0.2) is 5.82 Å². The Morgan fingerprint density at radius 3 is 2.44 bits per heavy atom. The zero-order valence-electron chi connectivity index (χ0n) is 15.7. The monoisotopic (exact) mass is 390 g/mol. The first-order valence-electron chi connectivity index (χ1n) is 8.42. The largest absolute Gasteiger partial charge is 0.444 e. The highest BCUT2D eigenvalue weighted by atomic mass is 35.5. The third-order valence-electron chi connectivity index (χ3n) is 3.30. The van der Waals surface area contributed by atoms with Gasteiger partial charge in [0.1, 0.15) is 11.6 Å². The van der Waals surface area contributed by atoms with Gasteiger partial charge in [-0.2, -0.15) is 0 Å². The normalized spacial score (nSPS) is 12.0. The number of carbonyl (C=O) groups is 2. The molecule has 1 atom stereocenters. The molecule has 0 saturated carbocycles. The van der Waals surface area contributed by atoms with E-state index in [4.69, 9.17) is 16.3 Å². The Kier molecular flexibility index (Phi) is 6.63. The highest BCUT2D eigenvalue weighted by Crippen LogP contribution is 2.24. The molecule has 1 aromatic carbocycles. The summed E-state index contributed by atoms with van der Waals surface area (Å²) in [6.45, 7) is 6.83. The molecular formula is C19H23ClN4O3. The van der Waals surface area contributed by atoms with E-state index in [2.05, 4.69) is 20.9 Å². The average Bonchev–Trinajstić information content (AvgIpc) is 2.56. The van der Waals surface area contributed by atoms with Gasteiger partial charge in [0.2, 0.25) is 5.91 Å². The van der Waals surface area contributed by atoms with Gasteiger partial charge < -0.3 is 20.7 Å². The van der Waals surface area contributed by atoms with E-state index in [1.807, 2.05) is 0 Å². The molecule has 27 heavy (non-hydrogen) atoms. The second-order valence-electron chi connectivity index (χ2n) is 6.89. The van der Waals surface area contributed by atoms with Gasteiger partial charge in [0.05, 0.1) is 5.69 Å². The van der Waals surface area contributed by atoms with Crippen molar-refractivity contribution in [1.82, 2.24) is 10.3 Å². The van der Waals surface area contributed by atoms with E-state index in [9.17, 15) is 9.59 Å². The second kappa shape index (κ2) is 8.73. The molecule has 8 heteroatoms. The molecular weight excluding hydrogens is 368 g/mol. The number of pyridine rings is 1. The molecule has 3 N–H and O–H groups in total. The fourth-order valence-corrected chi connectivity index (χ4v) is 2.19. The molecule has 0 radical (unpaired) electrons. The van der Waals surface area contributed by atoms with E-state index < -0.39 is 23.6 Å². The van der Waals surface area contributed by atoms with Crippen LogP contribution in [0.15, 0.2) is 42.6 Å². The number of nitrogens with one attached hydrogen (secondary N) is 3. The Morgan fingerprint density at radius 1 is 1.15 bits per heavy atom. The first-order chi connectivity index (χ1) is 12.6. The number of anilines is 3. The molecule has 0 aliphatic carbocycles. The quantitative estimate of drug-likeness (QED) is 0.706. The lowest BCUT2D eigenvalue weighted by Gasteiger charge is -2.22. The van der Waals surface area contributed by atoms with Crippen LogP contribution in [0.4, 0.5) is 22.0 Å². The summed E-state index contributed by atoms with van der Waals surface area (Å²) in [6, 6.07) is 9.72. The van der Waals surface area contributed by atoms with Gasteiger partial charge in [-0.25, -0.2) is 9.78 Å². The van der Waals surface area contributed by atoms with E-state index in [-0.39, 0.29) is 0 Å². The SMILES string of the molecule is CC(NC(=O)OC(C)(C)C)C(=O)Nc1cccnc1Nc1ccc(Cl)cc1.